The molecule has 8 nitrogen and oxygen atoms in total. The molecule has 2 aromatic rings. The lowest BCUT2D eigenvalue weighted by atomic mass is 10.0. The number of Topliss-reactive ketones (excluding diaryl/α,β-unsaturated/α-hetero) is 1. The van der Waals surface area contributed by atoms with E-state index in [1.165, 1.54) is 0 Å². The summed E-state index contributed by atoms with van der Waals surface area (Å²) in [6, 6.07) is 12.7. The van der Waals surface area contributed by atoms with E-state index < -0.39 is 23.7 Å². The van der Waals surface area contributed by atoms with Gasteiger partial charge in [-0.2, -0.15) is 0 Å². The minimum absolute atomic E-state index is 0.141. The Bertz CT molecular complexity index is 1010. The van der Waals surface area contributed by atoms with Gasteiger partial charge in [-0.3, -0.25) is 9.59 Å². The highest BCUT2D eigenvalue weighted by Crippen LogP contribution is 2.11. The zero-order valence-corrected chi connectivity index (χ0v) is 20.3. The van der Waals surface area contributed by atoms with Gasteiger partial charge >= 0.3 is 12.1 Å². The number of aryl methyl sites for hydroxylation is 1. The number of hydrogen-bond donors (Lipinski definition) is 2. The van der Waals surface area contributed by atoms with Crippen molar-refractivity contribution in [1.29, 1.82) is 0 Å². The number of rotatable bonds is 9. The third kappa shape index (κ3) is 8.69. The van der Waals surface area contributed by atoms with Gasteiger partial charge in [0.1, 0.15) is 11.6 Å². The number of alkyl carbamates (subject to hydrolysis) is 1. The van der Waals surface area contributed by atoms with Crippen molar-refractivity contribution in [2.45, 2.75) is 52.7 Å². The lowest BCUT2D eigenvalue weighted by Gasteiger charge is -2.23. The number of esters is 1. The van der Waals surface area contributed by atoms with Gasteiger partial charge in [0.15, 0.2) is 5.78 Å². The lowest BCUT2D eigenvalue weighted by molar-refractivity contribution is -0.145. The summed E-state index contributed by atoms with van der Waals surface area (Å²) >= 11 is 0. The molecule has 0 aliphatic heterocycles. The molecule has 0 aliphatic rings. The second kappa shape index (κ2) is 12.0. The van der Waals surface area contributed by atoms with Gasteiger partial charge in [-0.1, -0.05) is 42.0 Å². The summed E-state index contributed by atoms with van der Waals surface area (Å²) in [7, 11) is 0. The van der Waals surface area contributed by atoms with Gasteiger partial charge in [0.25, 0.3) is 5.91 Å². The molecule has 8 heteroatoms. The van der Waals surface area contributed by atoms with Crippen LogP contribution in [0.3, 0.4) is 0 Å². The maximum Gasteiger partial charge on any atom is 0.408 e. The Labute approximate surface area is 200 Å². The molecule has 0 fully saturated rings. The molecule has 34 heavy (non-hydrogen) atoms. The predicted octanol–water partition coefficient (Wildman–Crippen LogP) is 3.61. The Hall–Kier alpha value is -3.68. The highest BCUT2D eigenvalue weighted by molar-refractivity contribution is 6.02. The van der Waals surface area contributed by atoms with Gasteiger partial charge in [0.2, 0.25) is 0 Å². The maximum atomic E-state index is 12.5. The van der Waals surface area contributed by atoms with Crippen LogP contribution >= 0.6 is 0 Å². The number of benzene rings is 2. The van der Waals surface area contributed by atoms with E-state index in [1.54, 1.807) is 64.1 Å². The van der Waals surface area contributed by atoms with Crippen molar-refractivity contribution in [3.8, 4) is 0 Å². The number of carbonyl (C=O) groups is 4. The Kier molecular flexibility index (Phi) is 9.36. The molecule has 0 spiro atoms. The monoisotopic (exact) mass is 468 g/mol. The first kappa shape index (κ1) is 26.6. The van der Waals surface area contributed by atoms with Crippen molar-refractivity contribution in [2.24, 2.45) is 0 Å². The van der Waals surface area contributed by atoms with Gasteiger partial charge < -0.3 is 20.1 Å². The van der Waals surface area contributed by atoms with Crippen LogP contribution in [0, 0.1) is 6.92 Å². The molecule has 182 valence electrons. The number of hydrogen-bond acceptors (Lipinski definition) is 6. The molecule has 0 unspecified atom stereocenters. The van der Waals surface area contributed by atoms with Crippen LogP contribution in [0.1, 0.15) is 59.5 Å². The first-order valence-corrected chi connectivity index (χ1v) is 11.1. The summed E-state index contributed by atoms with van der Waals surface area (Å²) in [6.07, 6.45) is -0.557. The van der Waals surface area contributed by atoms with Crippen LogP contribution in [0.25, 0.3) is 0 Å². The van der Waals surface area contributed by atoms with E-state index in [4.69, 9.17) is 9.47 Å². The highest BCUT2D eigenvalue weighted by Gasteiger charge is 2.25. The Morgan fingerprint density at radius 1 is 0.912 bits per heavy atom. The van der Waals surface area contributed by atoms with Crippen molar-refractivity contribution in [3.63, 3.8) is 0 Å². The first-order valence-electron chi connectivity index (χ1n) is 11.1. The standard InChI is InChI=1S/C26H32N2O6/c1-6-33-24(31)21(28-25(32)34-26(3,4)5)15-18-9-13-19(14-10-18)22(29)16-27-23(30)20-11-7-17(2)8-12-20/h7-14,21H,6,15-16H2,1-5H3,(H,27,30)(H,28,32)/t21-/m0/s1. The minimum Gasteiger partial charge on any atom is -0.464 e. The average Bonchev–Trinajstić information content (AvgIpc) is 2.76. The summed E-state index contributed by atoms with van der Waals surface area (Å²) in [5, 5.41) is 5.17. The number of amides is 2. The molecule has 0 saturated heterocycles. The lowest BCUT2D eigenvalue weighted by Crippen LogP contribution is -2.45. The molecule has 0 aromatic heterocycles. The largest absolute Gasteiger partial charge is 0.464 e. The smallest absolute Gasteiger partial charge is 0.408 e. The molecule has 2 N–H and O–H groups in total. The third-order valence-electron chi connectivity index (χ3n) is 4.70. The van der Waals surface area contributed by atoms with Gasteiger partial charge in [0.05, 0.1) is 13.2 Å². The number of ether oxygens (including phenoxy) is 2. The van der Waals surface area contributed by atoms with Crippen LogP contribution in [-0.4, -0.2) is 48.5 Å². The topological polar surface area (TPSA) is 111 Å². The molecule has 0 radical (unpaired) electrons. The molecular formula is C26H32N2O6. The number of ketones is 1. The summed E-state index contributed by atoms with van der Waals surface area (Å²) in [5.41, 5.74) is 1.95. The zero-order valence-electron chi connectivity index (χ0n) is 20.3. The molecule has 0 heterocycles. The van der Waals surface area contributed by atoms with E-state index in [2.05, 4.69) is 10.6 Å². The summed E-state index contributed by atoms with van der Waals surface area (Å²) in [4.78, 5) is 49.1. The summed E-state index contributed by atoms with van der Waals surface area (Å²) < 4.78 is 10.3. The van der Waals surface area contributed by atoms with Crippen LogP contribution in [0.15, 0.2) is 48.5 Å². The van der Waals surface area contributed by atoms with E-state index in [-0.39, 0.29) is 31.3 Å². The van der Waals surface area contributed by atoms with E-state index in [1.807, 2.05) is 19.1 Å². The minimum atomic E-state index is -0.940. The fraction of sp³-hybridized carbons (Fsp3) is 0.385. The SMILES string of the molecule is CCOC(=O)[C@H](Cc1ccc(C(=O)CNC(=O)c2ccc(C)cc2)cc1)NC(=O)OC(C)(C)C. The Morgan fingerprint density at radius 2 is 1.50 bits per heavy atom. The first-order chi connectivity index (χ1) is 16.0. The van der Waals surface area contributed by atoms with E-state index in [9.17, 15) is 19.2 Å². The zero-order chi connectivity index (χ0) is 25.3. The van der Waals surface area contributed by atoms with Crippen LogP contribution in [0.5, 0.6) is 0 Å². The quantitative estimate of drug-likeness (QED) is 0.430. The fourth-order valence-corrected chi connectivity index (χ4v) is 3.02. The third-order valence-corrected chi connectivity index (χ3v) is 4.70. The molecule has 0 aliphatic carbocycles. The molecule has 0 bridgehead atoms. The van der Waals surface area contributed by atoms with Crippen LogP contribution in [0.2, 0.25) is 0 Å². The van der Waals surface area contributed by atoms with Crippen molar-refractivity contribution >= 4 is 23.8 Å². The van der Waals surface area contributed by atoms with Crippen LogP contribution in [0.4, 0.5) is 4.79 Å². The molecule has 2 rings (SSSR count). The predicted molar refractivity (Wildman–Crippen MR) is 128 cm³/mol. The van der Waals surface area contributed by atoms with Gasteiger partial charge in [0, 0.05) is 17.5 Å². The second-order valence-corrected chi connectivity index (χ2v) is 8.82. The van der Waals surface area contributed by atoms with Gasteiger partial charge in [-0.15, -0.1) is 0 Å². The van der Waals surface area contributed by atoms with Crippen molar-refractivity contribution < 1.29 is 28.7 Å². The fourth-order valence-electron chi connectivity index (χ4n) is 3.02. The Morgan fingerprint density at radius 3 is 2.06 bits per heavy atom. The number of nitrogens with one attached hydrogen (secondary N) is 2. The van der Waals surface area contributed by atoms with Gasteiger partial charge in [-0.25, -0.2) is 9.59 Å². The van der Waals surface area contributed by atoms with Crippen molar-refractivity contribution in [2.75, 3.05) is 13.2 Å². The Balaban J connectivity index is 1.98. The second-order valence-electron chi connectivity index (χ2n) is 8.82. The maximum absolute atomic E-state index is 12.5. The average molecular weight is 469 g/mol. The van der Waals surface area contributed by atoms with Crippen LogP contribution < -0.4 is 10.6 Å². The van der Waals surface area contributed by atoms with Crippen LogP contribution in [-0.2, 0) is 20.7 Å². The summed E-state index contributed by atoms with van der Waals surface area (Å²) in [6.45, 7) is 8.82. The van der Waals surface area contributed by atoms with Gasteiger partial charge in [-0.05, 0) is 52.3 Å². The normalized spacial score (nSPS) is 11.8. The van der Waals surface area contributed by atoms with E-state index in [0.29, 0.717) is 16.7 Å². The summed E-state index contributed by atoms with van der Waals surface area (Å²) in [5.74, 6) is -1.15. The number of carbonyl (C=O) groups excluding carboxylic acids is 4. The highest BCUT2D eigenvalue weighted by atomic mass is 16.6. The van der Waals surface area contributed by atoms with Crippen molar-refractivity contribution in [1.82, 2.24) is 10.6 Å². The van der Waals surface area contributed by atoms with E-state index in [0.717, 1.165) is 5.56 Å². The molecule has 1 atom stereocenters. The molecular weight excluding hydrogens is 436 g/mol. The van der Waals surface area contributed by atoms with E-state index >= 15 is 0 Å². The molecule has 0 saturated carbocycles. The molecule has 2 amide bonds. The van der Waals surface area contributed by atoms with Crippen molar-refractivity contribution in [3.05, 3.63) is 70.8 Å². The molecule has 2 aromatic carbocycles.